The molecule has 0 aliphatic heterocycles. The molecule has 1 fully saturated rings. The van der Waals surface area contributed by atoms with E-state index >= 15 is 0 Å². The van der Waals surface area contributed by atoms with Gasteiger partial charge in [-0.2, -0.15) is 0 Å². The highest BCUT2D eigenvalue weighted by Crippen LogP contribution is 2.29. The van der Waals surface area contributed by atoms with E-state index < -0.39 is 0 Å². The third-order valence-corrected chi connectivity index (χ3v) is 5.03. The van der Waals surface area contributed by atoms with E-state index in [2.05, 4.69) is 10.3 Å². The monoisotopic (exact) mass is 335 g/mol. The number of carbonyl (C=O) groups excluding carboxylic acids is 1. The summed E-state index contributed by atoms with van der Waals surface area (Å²) in [6.45, 7) is 0. The van der Waals surface area contributed by atoms with Crippen molar-refractivity contribution in [2.75, 3.05) is 5.32 Å². The van der Waals surface area contributed by atoms with Crippen LogP contribution in [0.15, 0.2) is 29.6 Å². The Kier molecular flexibility index (Phi) is 4.76. The lowest BCUT2D eigenvalue weighted by atomic mass is 10.00. The zero-order valence-corrected chi connectivity index (χ0v) is 13.7. The van der Waals surface area contributed by atoms with E-state index in [1.165, 1.54) is 11.3 Å². The predicted octanol–water partition coefficient (Wildman–Crippen LogP) is 3.92. The van der Waals surface area contributed by atoms with E-state index in [1.807, 2.05) is 29.6 Å². The van der Waals surface area contributed by atoms with Crippen LogP contribution in [0, 0.1) is 5.92 Å². The first-order valence-corrected chi connectivity index (χ1v) is 8.64. The van der Waals surface area contributed by atoms with Crippen LogP contribution in [0.25, 0.3) is 11.3 Å². The summed E-state index contributed by atoms with van der Waals surface area (Å²) in [5.41, 5.74) is 7.78. The fourth-order valence-corrected chi connectivity index (χ4v) is 3.77. The van der Waals surface area contributed by atoms with E-state index in [0.29, 0.717) is 22.5 Å². The van der Waals surface area contributed by atoms with E-state index in [-0.39, 0.29) is 11.9 Å². The summed E-state index contributed by atoms with van der Waals surface area (Å²) in [6, 6.07) is 7.68. The van der Waals surface area contributed by atoms with Gasteiger partial charge in [-0.1, -0.05) is 30.2 Å². The first kappa shape index (κ1) is 15.5. The Balaban J connectivity index is 1.63. The van der Waals surface area contributed by atoms with Crippen molar-refractivity contribution in [2.24, 2.45) is 11.7 Å². The largest absolute Gasteiger partial charge is 0.327 e. The van der Waals surface area contributed by atoms with Gasteiger partial charge in [-0.05, 0) is 30.9 Å². The van der Waals surface area contributed by atoms with E-state index in [0.717, 1.165) is 30.5 Å². The summed E-state index contributed by atoms with van der Waals surface area (Å²) < 4.78 is 0. The number of thiazole rings is 1. The molecular weight excluding hydrogens is 318 g/mol. The average molecular weight is 336 g/mol. The molecule has 1 aliphatic carbocycles. The minimum Gasteiger partial charge on any atom is -0.327 e. The lowest BCUT2D eigenvalue weighted by molar-refractivity contribution is -0.117. The van der Waals surface area contributed by atoms with Gasteiger partial charge in [0.05, 0.1) is 5.69 Å². The zero-order chi connectivity index (χ0) is 15.5. The second-order valence-electron chi connectivity index (χ2n) is 5.66. The fourth-order valence-electron chi connectivity index (χ4n) is 2.84. The summed E-state index contributed by atoms with van der Waals surface area (Å²) in [5, 5.41) is 6.08. The molecule has 0 bridgehead atoms. The van der Waals surface area contributed by atoms with Crippen LogP contribution in [-0.2, 0) is 4.79 Å². The molecule has 0 radical (unpaired) electrons. The third-order valence-electron chi connectivity index (χ3n) is 4.04. The van der Waals surface area contributed by atoms with Gasteiger partial charge in [0.25, 0.3) is 0 Å². The lowest BCUT2D eigenvalue weighted by Crippen LogP contribution is -2.28. The Morgan fingerprint density at radius 2 is 2.32 bits per heavy atom. The average Bonchev–Trinajstić information content (AvgIpc) is 3.09. The number of nitrogens with two attached hydrogens (primary N) is 1. The van der Waals surface area contributed by atoms with Crippen molar-refractivity contribution in [3.8, 4) is 11.3 Å². The summed E-state index contributed by atoms with van der Waals surface area (Å²) >= 11 is 7.41. The number of halogens is 1. The van der Waals surface area contributed by atoms with Crippen molar-refractivity contribution in [2.45, 2.75) is 31.7 Å². The Bertz CT molecular complexity index is 673. The molecular formula is C16H18ClN3OS. The van der Waals surface area contributed by atoms with Crippen molar-refractivity contribution < 1.29 is 4.79 Å². The molecule has 0 spiro atoms. The molecule has 1 aromatic heterocycles. The Labute approximate surface area is 138 Å². The molecule has 2 aromatic rings. The van der Waals surface area contributed by atoms with Crippen molar-refractivity contribution in [3.63, 3.8) is 0 Å². The second-order valence-corrected chi connectivity index (χ2v) is 6.95. The van der Waals surface area contributed by atoms with E-state index in [4.69, 9.17) is 17.3 Å². The molecule has 0 unspecified atom stereocenters. The van der Waals surface area contributed by atoms with Crippen molar-refractivity contribution in [1.82, 2.24) is 4.98 Å². The number of nitrogens with zero attached hydrogens (tertiary/aromatic N) is 1. The van der Waals surface area contributed by atoms with Gasteiger partial charge in [0.15, 0.2) is 5.13 Å². The molecule has 1 heterocycles. The molecule has 116 valence electrons. The molecule has 22 heavy (non-hydrogen) atoms. The smallest absolute Gasteiger partial charge is 0.226 e. The number of hydrogen-bond donors (Lipinski definition) is 2. The van der Waals surface area contributed by atoms with Gasteiger partial charge >= 0.3 is 0 Å². The molecule has 2 atom stereocenters. The molecule has 1 aromatic carbocycles. The molecule has 3 rings (SSSR count). The number of carbonyl (C=O) groups is 1. The summed E-state index contributed by atoms with van der Waals surface area (Å²) in [5.74, 6) is 0.293. The standard InChI is InChI=1S/C16H18ClN3OS/c17-12-5-1-4-11(7-12)14-9-22-16(19-14)20-15(21)8-10-3-2-6-13(10)18/h1,4-5,7,9-10,13H,2-3,6,8,18H2,(H,19,20,21)/t10-,13+/m0/s1. The number of aromatic nitrogens is 1. The molecule has 4 nitrogen and oxygen atoms in total. The van der Waals surface area contributed by atoms with Gasteiger partial charge in [-0.25, -0.2) is 4.98 Å². The number of amides is 1. The number of anilines is 1. The van der Waals surface area contributed by atoms with Gasteiger partial charge in [0, 0.05) is 28.4 Å². The van der Waals surface area contributed by atoms with Gasteiger partial charge in [0.1, 0.15) is 0 Å². The molecule has 1 amide bonds. The van der Waals surface area contributed by atoms with Gasteiger partial charge < -0.3 is 11.1 Å². The summed E-state index contributed by atoms with van der Waals surface area (Å²) in [7, 11) is 0. The molecule has 3 N–H and O–H groups in total. The summed E-state index contributed by atoms with van der Waals surface area (Å²) in [4.78, 5) is 16.5. The predicted molar refractivity (Wildman–Crippen MR) is 91.1 cm³/mol. The van der Waals surface area contributed by atoms with Crippen LogP contribution >= 0.6 is 22.9 Å². The van der Waals surface area contributed by atoms with Gasteiger partial charge in [-0.3, -0.25) is 4.79 Å². The van der Waals surface area contributed by atoms with Crippen LogP contribution in [0.4, 0.5) is 5.13 Å². The lowest BCUT2D eigenvalue weighted by Gasteiger charge is -2.13. The van der Waals surface area contributed by atoms with Crippen molar-refractivity contribution in [3.05, 3.63) is 34.7 Å². The maximum absolute atomic E-state index is 12.1. The molecule has 6 heteroatoms. The number of hydrogen-bond acceptors (Lipinski definition) is 4. The minimum atomic E-state index is -0.00524. The fraction of sp³-hybridized carbons (Fsp3) is 0.375. The minimum absolute atomic E-state index is 0.00524. The Morgan fingerprint density at radius 3 is 3.05 bits per heavy atom. The van der Waals surface area contributed by atoms with Crippen LogP contribution < -0.4 is 11.1 Å². The second kappa shape index (κ2) is 6.77. The number of benzene rings is 1. The first-order chi connectivity index (χ1) is 10.6. The third kappa shape index (κ3) is 3.66. The van der Waals surface area contributed by atoms with Crippen LogP contribution in [0.3, 0.4) is 0 Å². The highest BCUT2D eigenvalue weighted by atomic mass is 35.5. The SMILES string of the molecule is N[C@@H]1CCC[C@H]1CC(=O)Nc1nc(-c2cccc(Cl)c2)cs1. The normalized spacial score (nSPS) is 21.0. The molecule has 1 saturated carbocycles. The quantitative estimate of drug-likeness (QED) is 0.889. The highest BCUT2D eigenvalue weighted by molar-refractivity contribution is 7.14. The van der Waals surface area contributed by atoms with Crippen LogP contribution in [0.1, 0.15) is 25.7 Å². The Hall–Kier alpha value is -1.43. The van der Waals surface area contributed by atoms with Gasteiger partial charge in [-0.15, -0.1) is 11.3 Å². The maximum atomic E-state index is 12.1. The van der Waals surface area contributed by atoms with Crippen LogP contribution in [0.5, 0.6) is 0 Å². The van der Waals surface area contributed by atoms with Crippen molar-refractivity contribution in [1.29, 1.82) is 0 Å². The van der Waals surface area contributed by atoms with E-state index in [1.54, 1.807) is 0 Å². The number of rotatable bonds is 4. The summed E-state index contributed by atoms with van der Waals surface area (Å²) in [6.07, 6.45) is 3.66. The number of nitrogens with one attached hydrogen (secondary N) is 1. The van der Waals surface area contributed by atoms with E-state index in [9.17, 15) is 4.79 Å². The molecule has 0 saturated heterocycles. The maximum Gasteiger partial charge on any atom is 0.226 e. The topological polar surface area (TPSA) is 68.0 Å². The van der Waals surface area contributed by atoms with Crippen LogP contribution in [0.2, 0.25) is 5.02 Å². The van der Waals surface area contributed by atoms with Crippen molar-refractivity contribution >= 4 is 34.0 Å². The highest BCUT2D eigenvalue weighted by Gasteiger charge is 2.26. The van der Waals surface area contributed by atoms with Gasteiger partial charge in [0.2, 0.25) is 5.91 Å². The van der Waals surface area contributed by atoms with Crippen LogP contribution in [-0.4, -0.2) is 16.9 Å². The molecule has 1 aliphatic rings. The first-order valence-electron chi connectivity index (χ1n) is 7.39. The zero-order valence-electron chi connectivity index (χ0n) is 12.1. The Morgan fingerprint density at radius 1 is 1.45 bits per heavy atom.